The molecule has 2 nitrogen and oxygen atoms in total. The highest BCUT2D eigenvalue weighted by atomic mass is 79.9. The molecule has 0 saturated carbocycles. The van der Waals surface area contributed by atoms with E-state index in [1.165, 1.54) is 5.69 Å². The minimum atomic E-state index is 0.568. The van der Waals surface area contributed by atoms with Crippen molar-refractivity contribution in [2.75, 3.05) is 18.5 Å². The van der Waals surface area contributed by atoms with E-state index >= 15 is 0 Å². The van der Waals surface area contributed by atoms with Gasteiger partial charge >= 0.3 is 0 Å². The summed E-state index contributed by atoms with van der Waals surface area (Å²) in [6.07, 6.45) is 2.21. The third kappa shape index (κ3) is 2.72. The zero-order valence-electron chi connectivity index (χ0n) is 8.00. The lowest BCUT2D eigenvalue weighted by molar-refractivity contribution is 0.0904. The predicted octanol–water partition coefficient (Wildman–Crippen LogP) is 3.04. The van der Waals surface area contributed by atoms with Crippen LogP contribution in [0, 0.1) is 0 Å². The maximum absolute atomic E-state index is 5.31. The van der Waals surface area contributed by atoms with Gasteiger partial charge in [0, 0.05) is 29.4 Å². The zero-order valence-corrected chi connectivity index (χ0v) is 9.59. The van der Waals surface area contributed by atoms with Gasteiger partial charge in [0.05, 0.1) is 0 Å². The highest BCUT2D eigenvalue weighted by Gasteiger charge is 2.12. The monoisotopic (exact) mass is 255 g/mol. The quantitative estimate of drug-likeness (QED) is 0.878. The zero-order chi connectivity index (χ0) is 9.80. The van der Waals surface area contributed by atoms with Crippen LogP contribution >= 0.6 is 15.9 Å². The molecule has 1 aromatic carbocycles. The first-order chi connectivity index (χ1) is 6.84. The van der Waals surface area contributed by atoms with Gasteiger partial charge in [0.2, 0.25) is 0 Å². The minimum Gasteiger partial charge on any atom is -0.382 e. The fraction of sp³-hybridized carbons (Fsp3) is 0.455. The van der Waals surface area contributed by atoms with E-state index in [0.29, 0.717) is 6.04 Å². The van der Waals surface area contributed by atoms with Crippen LogP contribution in [0.15, 0.2) is 28.7 Å². The molecule has 1 N–H and O–H groups in total. The number of hydrogen-bond acceptors (Lipinski definition) is 2. The van der Waals surface area contributed by atoms with Crippen molar-refractivity contribution in [2.24, 2.45) is 0 Å². The van der Waals surface area contributed by atoms with Gasteiger partial charge in [0.1, 0.15) is 0 Å². The van der Waals surface area contributed by atoms with Gasteiger partial charge < -0.3 is 10.1 Å². The Morgan fingerprint density at radius 2 is 2.07 bits per heavy atom. The van der Waals surface area contributed by atoms with Crippen molar-refractivity contribution >= 4 is 21.6 Å². The molecule has 1 aromatic rings. The van der Waals surface area contributed by atoms with Gasteiger partial charge in [-0.2, -0.15) is 0 Å². The lowest BCUT2D eigenvalue weighted by atomic mass is 10.1. The highest BCUT2D eigenvalue weighted by molar-refractivity contribution is 9.10. The van der Waals surface area contributed by atoms with Crippen molar-refractivity contribution in [1.29, 1.82) is 0 Å². The molecule has 14 heavy (non-hydrogen) atoms. The number of rotatable bonds is 2. The predicted molar refractivity (Wildman–Crippen MR) is 61.6 cm³/mol. The average molecular weight is 256 g/mol. The molecule has 1 aliphatic heterocycles. The third-order valence-electron chi connectivity index (χ3n) is 2.42. The molecule has 3 heteroatoms. The first kappa shape index (κ1) is 9.99. The van der Waals surface area contributed by atoms with Crippen LogP contribution in [0.2, 0.25) is 0 Å². The molecular formula is C11H14BrNO. The van der Waals surface area contributed by atoms with Gasteiger partial charge in [-0.15, -0.1) is 0 Å². The number of anilines is 1. The van der Waals surface area contributed by atoms with Crippen molar-refractivity contribution < 1.29 is 4.74 Å². The summed E-state index contributed by atoms with van der Waals surface area (Å²) in [4.78, 5) is 0. The molecule has 1 saturated heterocycles. The Bertz CT molecular complexity index is 297. The van der Waals surface area contributed by atoms with Crippen LogP contribution in [-0.4, -0.2) is 19.3 Å². The lowest BCUT2D eigenvalue weighted by Gasteiger charge is -2.24. The number of nitrogens with one attached hydrogen (secondary N) is 1. The standard InChI is InChI=1S/C11H14BrNO/c12-9-2-1-3-11(8-9)13-10-4-6-14-7-5-10/h1-3,8,10,13H,4-7H2. The molecular weight excluding hydrogens is 242 g/mol. The van der Waals surface area contributed by atoms with E-state index in [4.69, 9.17) is 4.74 Å². The second-order valence-electron chi connectivity index (χ2n) is 3.54. The molecule has 0 aliphatic carbocycles. The van der Waals surface area contributed by atoms with Crippen LogP contribution in [0.25, 0.3) is 0 Å². The second-order valence-corrected chi connectivity index (χ2v) is 4.46. The summed E-state index contributed by atoms with van der Waals surface area (Å²) in [6.45, 7) is 1.76. The van der Waals surface area contributed by atoms with Crippen LogP contribution in [0.5, 0.6) is 0 Å². The summed E-state index contributed by atoms with van der Waals surface area (Å²) >= 11 is 3.46. The van der Waals surface area contributed by atoms with Gasteiger partial charge in [-0.05, 0) is 31.0 Å². The fourth-order valence-electron chi connectivity index (χ4n) is 1.66. The molecule has 1 fully saturated rings. The van der Waals surface area contributed by atoms with Crippen molar-refractivity contribution in [3.8, 4) is 0 Å². The first-order valence-electron chi connectivity index (χ1n) is 4.94. The summed E-state index contributed by atoms with van der Waals surface area (Å²) in [5, 5.41) is 3.51. The largest absolute Gasteiger partial charge is 0.382 e. The van der Waals surface area contributed by atoms with Gasteiger partial charge in [-0.1, -0.05) is 22.0 Å². The molecule has 1 heterocycles. The van der Waals surface area contributed by atoms with Crippen LogP contribution < -0.4 is 5.32 Å². The molecule has 76 valence electrons. The van der Waals surface area contributed by atoms with Crippen LogP contribution in [0.4, 0.5) is 5.69 Å². The Morgan fingerprint density at radius 3 is 2.79 bits per heavy atom. The third-order valence-corrected chi connectivity index (χ3v) is 2.91. The first-order valence-corrected chi connectivity index (χ1v) is 5.74. The molecule has 0 unspecified atom stereocenters. The van der Waals surface area contributed by atoms with Gasteiger partial charge in [-0.25, -0.2) is 0 Å². The normalized spacial score (nSPS) is 18.1. The molecule has 1 aliphatic rings. The van der Waals surface area contributed by atoms with E-state index in [1.54, 1.807) is 0 Å². The molecule has 0 bridgehead atoms. The Morgan fingerprint density at radius 1 is 1.29 bits per heavy atom. The topological polar surface area (TPSA) is 21.3 Å². The number of hydrogen-bond donors (Lipinski definition) is 1. The highest BCUT2D eigenvalue weighted by Crippen LogP contribution is 2.19. The molecule has 0 atom stereocenters. The summed E-state index contributed by atoms with van der Waals surface area (Å²) in [6, 6.07) is 8.86. The molecule has 0 aromatic heterocycles. The lowest BCUT2D eigenvalue weighted by Crippen LogP contribution is -2.27. The summed E-state index contributed by atoms with van der Waals surface area (Å²) < 4.78 is 6.43. The fourth-order valence-corrected chi connectivity index (χ4v) is 2.06. The maximum Gasteiger partial charge on any atom is 0.0485 e. The maximum atomic E-state index is 5.31. The van der Waals surface area contributed by atoms with Crippen molar-refractivity contribution in [3.05, 3.63) is 28.7 Å². The number of ether oxygens (including phenoxy) is 1. The average Bonchev–Trinajstić information content (AvgIpc) is 2.19. The van der Waals surface area contributed by atoms with Crippen LogP contribution in [-0.2, 0) is 4.74 Å². The summed E-state index contributed by atoms with van der Waals surface area (Å²) in [7, 11) is 0. The van der Waals surface area contributed by atoms with Crippen molar-refractivity contribution in [1.82, 2.24) is 0 Å². The van der Waals surface area contributed by atoms with E-state index in [0.717, 1.165) is 30.5 Å². The Balaban J connectivity index is 1.95. The van der Waals surface area contributed by atoms with Gasteiger partial charge in [0.15, 0.2) is 0 Å². The van der Waals surface area contributed by atoms with E-state index in [9.17, 15) is 0 Å². The number of benzene rings is 1. The van der Waals surface area contributed by atoms with E-state index < -0.39 is 0 Å². The van der Waals surface area contributed by atoms with Gasteiger partial charge in [-0.3, -0.25) is 0 Å². The van der Waals surface area contributed by atoms with Crippen molar-refractivity contribution in [3.63, 3.8) is 0 Å². The SMILES string of the molecule is Brc1cccc(NC2CCOCC2)c1. The summed E-state index contributed by atoms with van der Waals surface area (Å²) in [5.41, 5.74) is 1.19. The van der Waals surface area contributed by atoms with E-state index in [2.05, 4.69) is 33.4 Å². The Labute approximate surface area is 92.8 Å². The molecule has 0 spiro atoms. The van der Waals surface area contributed by atoms with Crippen molar-refractivity contribution in [2.45, 2.75) is 18.9 Å². The molecule has 0 amide bonds. The summed E-state index contributed by atoms with van der Waals surface area (Å²) in [5.74, 6) is 0. The Kier molecular flexibility index (Phi) is 3.43. The smallest absolute Gasteiger partial charge is 0.0485 e. The van der Waals surface area contributed by atoms with Crippen LogP contribution in [0.1, 0.15) is 12.8 Å². The van der Waals surface area contributed by atoms with E-state index in [1.807, 2.05) is 12.1 Å². The minimum absolute atomic E-state index is 0.568. The van der Waals surface area contributed by atoms with Gasteiger partial charge in [0.25, 0.3) is 0 Å². The van der Waals surface area contributed by atoms with E-state index in [-0.39, 0.29) is 0 Å². The molecule has 2 rings (SSSR count). The Hall–Kier alpha value is -0.540. The second kappa shape index (κ2) is 4.80. The van der Waals surface area contributed by atoms with Crippen LogP contribution in [0.3, 0.4) is 0 Å². The molecule has 0 radical (unpaired) electrons. The number of halogens is 1.